The summed E-state index contributed by atoms with van der Waals surface area (Å²) in [5.74, 6) is 0.743. The Balaban J connectivity index is 1.90. The highest BCUT2D eigenvalue weighted by atomic mass is 35.5. The minimum absolute atomic E-state index is 0.129. The standard InChI is InChI=1S/C12H11Cl2N3O2/c1-7-5-15-17-12(7)16-11(18)6-19-8-2-3-9(13)10(14)4-8/h2-5H,6H2,1H3,(H2,15,16,17,18). The molecule has 0 saturated carbocycles. The van der Waals surface area contributed by atoms with Gasteiger partial charge in [-0.2, -0.15) is 5.10 Å². The topological polar surface area (TPSA) is 67.0 Å². The lowest BCUT2D eigenvalue weighted by Crippen LogP contribution is -2.20. The first-order valence-corrected chi connectivity index (χ1v) is 6.19. The number of amides is 1. The molecule has 1 aromatic heterocycles. The Kier molecular flexibility index (Phi) is 4.29. The van der Waals surface area contributed by atoms with Crippen molar-refractivity contribution in [1.82, 2.24) is 10.2 Å². The molecule has 0 unspecified atom stereocenters. The van der Waals surface area contributed by atoms with Crippen molar-refractivity contribution in [3.8, 4) is 5.75 Å². The zero-order valence-electron chi connectivity index (χ0n) is 10.0. The molecule has 5 nitrogen and oxygen atoms in total. The molecule has 2 aromatic rings. The monoisotopic (exact) mass is 299 g/mol. The number of nitrogens with one attached hydrogen (secondary N) is 2. The molecule has 0 fully saturated rings. The van der Waals surface area contributed by atoms with Gasteiger partial charge in [-0.25, -0.2) is 0 Å². The third-order valence-electron chi connectivity index (χ3n) is 2.35. The fraction of sp³-hybridized carbons (Fsp3) is 0.167. The lowest BCUT2D eigenvalue weighted by atomic mass is 10.3. The van der Waals surface area contributed by atoms with Gasteiger partial charge in [0.1, 0.15) is 11.6 Å². The molecule has 0 aliphatic rings. The summed E-state index contributed by atoms with van der Waals surface area (Å²) in [7, 11) is 0. The van der Waals surface area contributed by atoms with E-state index in [-0.39, 0.29) is 12.5 Å². The summed E-state index contributed by atoms with van der Waals surface area (Å²) in [5, 5.41) is 9.94. The number of halogens is 2. The lowest BCUT2D eigenvalue weighted by molar-refractivity contribution is -0.118. The van der Waals surface area contributed by atoms with Crippen molar-refractivity contribution in [2.45, 2.75) is 6.92 Å². The number of aromatic nitrogens is 2. The molecule has 0 saturated heterocycles. The van der Waals surface area contributed by atoms with Crippen molar-refractivity contribution in [2.75, 3.05) is 11.9 Å². The van der Waals surface area contributed by atoms with Gasteiger partial charge in [-0.15, -0.1) is 0 Å². The smallest absolute Gasteiger partial charge is 0.263 e. The van der Waals surface area contributed by atoms with Crippen LogP contribution >= 0.6 is 23.2 Å². The maximum Gasteiger partial charge on any atom is 0.263 e. The van der Waals surface area contributed by atoms with E-state index in [1.54, 1.807) is 24.4 Å². The highest BCUT2D eigenvalue weighted by Gasteiger charge is 2.07. The van der Waals surface area contributed by atoms with Crippen LogP contribution in [-0.4, -0.2) is 22.7 Å². The first-order valence-electron chi connectivity index (χ1n) is 5.44. The SMILES string of the molecule is Cc1cn[nH]c1NC(=O)COc1ccc(Cl)c(Cl)c1. The predicted octanol–water partition coefficient (Wildman–Crippen LogP) is 3.04. The van der Waals surface area contributed by atoms with Crippen LogP contribution in [0.25, 0.3) is 0 Å². The van der Waals surface area contributed by atoms with Crippen LogP contribution in [-0.2, 0) is 4.79 Å². The minimum Gasteiger partial charge on any atom is -0.484 e. The summed E-state index contributed by atoms with van der Waals surface area (Å²) >= 11 is 11.6. The molecule has 0 bridgehead atoms. The molecule has 0 aliphatic heterocycles. The zero-order valence-corrected chi connectivity index (χ0v) is 11.5. The van der Waals surface area contributed by atoms with Gasteiger partial charge >= 0.3 is 0 Å². The number of aromatic amines is 1. The van der Waals surface area contributed by atoms with Crippen molar-refractivity contribution in [1.29, 1.82) is 0 Å². The van der Waals surface area contributed by atoms with Crippen molar-refractivity contribution in [3.63, 3.8) is 0 Å². The van der Waals surface area contributed by atoms with E-state index in [9.17, 15) is 4.79 Å². The van der Waals surface area contributed by atoms with Crippen LogP contribution in [0.4, 0.5) is 5.82 Å². The van der Waals surface area contributed by atoms with E-state index >= 15 is 0 Å². The van der Waals surface area contributed by atoms with Crippen molar-refractivity contribution < 1.29 is 9.53 Å². The van der Waals surface area contributed by atoms with E-state index in [0.29, 0.717) is 21.6 Å². The first kappa shape index (κ1) is 13.7. The molecule has 0 aliphatic carbocycles. The van der Waals surface area contributed by atoms with Crippen LogP contribution < -0.4 is 10.1 Å². The summed E-state index contributed by atoms with van der Waals surface area (Å²) < 4.78 is 5.30. The van der Waals surface area contributed by atoms with Crippen molar-refractivity contribution in [2.24, 2.45) is 0 Å². The Morgan fingerprint density at radius 2 is 2.21 bits per heavy atom. The fourth-order valence-electron chi connectivity index (χ4n) is 1.36. The number of carbonyl (C=O) groups is 1. The second-order valence-electron chi connectivity index (χ2n) is 3.84. The van der Waals surface area contributed by atoms with Gasteiger partial charge in [-0.05, 0) is 19.1 Å². The molecule has 1 heterocycles. The van der Waals surface area contributed by atoms with Crippen LogP contribution in [0.2, 0.25) is 10.0 Å². The molecule has 19 heavy (non-hydrogen) atoms. The average Bonchev–Trinajstić information content (AvgIpc) is 2.77. The summed E-state index contributed by atoms with van der Waals surface area (Å²) in [4.78, 5) is 11.6. The predicted molar refractivity (Wildman–Crippen MR) is 73.9 cm³/mol. The quantitative estimate of drug-likeness (QED) is 0.912. The molecule has 7 heteroatoms. The Morgan fingerprint density at radius 1 is 1.42 bits per heavy atom. The number of aryl methyl sites for hydroxylation is 1. The number of ether oxygens (including phenoxy) is 1. The fourth-order valence-corrected chi connectivity index (χ4v) is 1.65. The summed E-state index contributed by atoms with van der Waals surface area (Å²) in [6.45, 7) is 1.70. The van der Waals surface area contributed by atoms with Crippen molar-refractivity contribution >= 4 is 34.9 Å². The molecule has 0 radical (unpaired) electrons. The molecule has 0 atom stereocenters. The normalized spacial score (nSPS) is 10.3. The lowest BCUT2D eigenvalue weighted by Gasteiger charge is -2.07. The Labute approximate surface area is 119 Å². The molecule has 0 spiro atoms. The summed E-state index contributed by atoms with van der Waals surface area (Å²) in [6.07, 6.45) is 1.62. The van der Waals surface area contributed by atoms with Gasteiger partial charge in [0, 0.05) is 11.6 Å². The largest absolute Gasteiger partial charge is 0.484 e. The van der Waals surface area contributed by atoms with Crippen LogP contribution in [0.1, 0.15) is 5.56 Å². The Morgan fingerprint density at radius 3 is 2.84 bits per heavy atom. The van der Waals surface area contributed by atoms with Gasteiger partial charge in [0.15, 0.2) is 6.61 Å². The maximum absolute atomic E-state index is 11.6. The Hall–Kier alpha value is -1.72. The maximum atomic E-state index is 11.6. The van der Waals surface area contributed by atoms with Gasteiger partial charge in [0.05, 0.1) is 16.2 Å². The zero-order chi connectivity index (χ0) is 13.8. The van der Waals surface area contributed by atoms with Gasteiger partial charge in [0.2, 0.25) is 0 Å². The molecular weight excluding hydrogens is 289 g/mol. The molecule has 100 valence electrons. The van der Waals surface area contributed by atoms with E-state index in [4.69, 9.17) is 27.9 Å². The number of rotatable bonds is 4. The summed E-state index contributed by atoms with van der Waals surface area (Å²) in [5.41, 5.74) is 0.850. The number of hydrogen-bond donors (Lipinski definition) is 2. The number of anilines is 1. The van der Waals surface area contributed by atoms with E-state index in [1.165, 1.54) is 0 Å². The van der Waals surface area contributed by atoms with Gasteiger partial charge in [0.25, 0.3) is 5.91 Å². The first-order chi connectivity index (χ1) is 9.06. The van der Waals surface area contributed by atoms with E-state index in [2.05, 4.69) is 15.5 Å². The number of hydrogen-bond acceptors (Lipinski definition) is 3. The van der Waals surface area contributed by atoms with Gasteiger partial charge in [-0.1, -0.05) is 23.2 Å². The Bertz CT molecular complexity index is 598. The molecule has 1 aromatic carbocycles. The van der Waals surface area contributed by atoms with Gasteiger partial charge in [-0.3, -0.25) is 9.89 Å². The minimum atomic E-state index is -0.293. The molecule has 2 N–H and O–H groups in total. The van der Waals surface area contributed by atoms with E-state index in [0.717, 1.165) is 5.56 Å². The van der Waals surface area contributed by atoms with Crippen LogP contribution in [0.3, 0.4) is 0 Å². The number of carbonyl (C=O) groups excluding carboxylic acids is 1. The third kappa shape index (κ3) is 3.62. The number of benzene rings is 1. The highest BCUT2D eigenvalue weighted by molar-refractivity contribution is 6.42. The van der Waals surface area contributed by atoms with Crippen LogP contribution in [0.15, 0.2) is 24.4 Å². The number of nitrogens with zero attached hydrogens (tertiary/aromatic N) is 1. The molecule has 1 amide bonds. The second kappa shape index (κ2) is 5.95. The summed E-state index contributed by atoms with van der Waals surface area (Å²) in [6, 6.07) is 4.80. The average molecular weight is 300 g/mol. The van der Waals surface area contributed by atoms with Crippen molar-refractivity contribution in [3.05, 3.63) is 40.0 Å². The molecular formula is C12H11Cl2N3O2. The van der Waals surface area contributed by atoms with Crippen LogP contribution in [0.5, 0.6) is 5.75 Å². The van der Waals surface area contributed by atoms with Gasteiger partial charge < -0.3 is 10.1 Å². The molecule has 2 rings (SSSR count). The van der Waals surface area contributed by atoms with E-state index < -0.39 is 0 Å². The second-order valence-corrected chi connectivity index (χ2v) is 4.66. The third-order valence-corrected chi connectivity index (χ3v) is 3.09. The van der Waals surface area contributed by atoms with E-state index in [1.807, 2.05) is 6.92 Å². The van der Waals surface area contributed by atoms with Crippen LogP contribution in [0, 0.1) is 6.92 Å². The number of H-pyrrole nitrogens is 1. The highest BCUT2D eigenvalue weighted by Crippen LogP contribution is 2.26.